The number of carbonyl (C=O) groups excluding carboxylic acids is 1. The Kier molecular flexibility index (Phi) is 5.23. The van der Waals surface area contributed by atoms with Gasteiger partial charge >= 0.3 is 0 Å². The topological polar surface area (TPSA) is 79.4 Å². The van der Waals surface area contributed by atoms with Crippen molar-refractivity contribution in [2.45, 2.75) is 32.2 Å². The van der Waals surface area contributed by atoms with Crippen molar-refractivity contribution >= 4 is 44.0 Å². The van der Waals surface area contributed by atoms with Gasteiger partial charge < -0.3 is 5.32 Å². The maximum Gasteiger partial charge on any atom is 0.233 e. The second kappa shape index (κ2) is 7.83. The molecule has 1 fully saturated rings. The first-order valence-electron chi connectivity index (χ1n) is 10.6. The minimum atomic E-state index is -3.50. The molecule has 5 rings (SSSR count). The third-order valence-corrected chi connectivity index (χ3v) is 8.85. The minimum absolute atomic E-state index is 0.0930. The Hall–Kier alpha value is -2.48. The molecule has 2 heterocycles. The molecule has 1 aliphatic carbocycles. The Morgan fingerprint density at radius 2 is 2.00 bits per heavy atom. The molecule has 0 saturated heterocycles. The zero-order valence-corrected chi connectivity index (χ0v) is 19.3. The molecule has 2 aromatic carbocycles. The van der Waals surface area contributed by atoms with Crippen molar-refractivity contribution in [1.82, 2.24) is 9.29 Å². The van der Waals surface area contributed by atoms with Gasteiger partial charge in [-0.05, 0) is 41.5 Å². The number of rotatable bonds is 5. The van der Waals surface area contributed by atoms with Gasteiger partial charge in [-0.3, -0.25) is 9.78 Å². The summed E-state index contributed by atoms with van der Waals surface area (Å²) in [5.74, 6) is -0.827. The normalized spacial score (nSPS) is 20.0. The second-order valence-electron chi connectivity index (χ2n) is 9.15. The average molecular weight is 470 g/mol. The molecule has 0 spiro atoms. The summed E-state index contributed by atoms with van der Waals surface area (Å²) >= 11 is 6.23. The van der Waals surface area contributed by atoms with Crippen LogP contribution < -0.4 is 5.32 Å². The molecule has 8 heteroatoms. The van der Waals surface area contributed by atoms with Crippen LogP contribution in [0.5, 0.6) is 0 Å². The van der Waals surface area contributed by atoms with Crippen molar-refractivity contribution in [3.05, 3.63) is 71.0 Å². The number of hydrogen-bond acceptors (Lipinski definition) is 4. The maximum atomic E-state index is 13.5. The Morgan fingerprint density at radius 1 is 1.22 bits per heavy atom. The van der Waals surface area contributed by atoms with E-state index in [1.807, 2.05) is 37.3 Å². The van der Waals surface area contributed by atoms with Crippen molar-refractivity contribution < 1.29 is 13.2 Å². The number of sulfonamides is 1. The molecule has 1 saturated carbocycles. The molecule has 1 aliphatic heterocycles. The molecule has 0 radical (unpaired) electrons. The van der Waals surface area contributed by atoms with E-state index >= 15 is 0 Å². The van der Waals surface area contributed by atoms with Crippen LogP contribution >= 0.6 is 11.6 Å². The molecule has 1 N–H and O–H groups in total. The fourth-order valence-corrected chi connectivity index (χ4v) is 6.60. The summed E-state index contributed by atoms with van der Waals surface area (Å²) in [4.78, 5) is 17.7. The number of pyridine rings is 1. The van der Waals surface area contributed by atoms with Gasteiger partial charge in [0, 0.05) is 35.1 Å². The van der Waals surface area contributed by atoms with Gasteiger partial charge in [0.2, 0.25) is 15.9 Å². The monoisotopic (exact) mass is 469 g/mol. The van der Waals surface area contributed by atoms with Gasteiger partial charge in [0.1, 0.15) is 0 Å². The van der Waals surface area contributed by atoms with Crippen molar-refractivity contribution in [3.63, 3.8) is 0 Å². The fourth-order valence-electron chi connectivity index (χ4n) is 4.35. The zero-order chi connectivity index (χ0) is 22.5. The molecular formula is C24H24ClN3O3S. The van der Waals surface area contributed by atoms with Crippen molar-refractivity contribution in [1.29, 1.82) is 0 Å². The molecule has 0 bridgehead atoms. The molecule has 166 valence electrons. The quantitative estimate of drug-likeness (QED) is 0.594. The minimum Gasteiger partial charge on any atom is -0.324 e. The summed E-state index contributed by atoms with van der Waals surface area (Å²) in [6, 6.07) is 13.0. The van der Waals surface area contributed by atoms with E-state index in [1.165, 1.54) is 4.31 Å². The molecule has 32 heavy (non-hydrogen) atoms. The van der Waals surface area contributed by atoms with Crippen LogP contribution in [-0.2, 0) is 21.4 Å². The van der Waals surface area contributed by atoms with Crippen LogP contribution in [0.2, 0.25) is 5.02 Å². The van der Waals surface area contributed by atoms with Gasteiger partial charge in [-0.2, -0.15) is 4.31 Å². The van der Waals surface area contributed by atoms with Gasteiger partial charge in [-0.25, -0.2) is 8.42 Å². The number of carbonyl (C=O) groups is 1. The highest BCUT2D eigenvalue weighted by Gasteiger charge is 2.45. The predicted octanol–water partition coefficient (Wildman–Crippen LogP) is 4.56. The van der Waals surface area contributed by atoms with Crippen LogP contribution in [0.4, 0.5) is 5.69 Å². The number of hydrogen-bond donors (Lipinski definition) is 1. The third-order valence-electron chi connectivity index (χ3n) is 6.49. The van der Waals surface area contributed by atoms with Crippen LogP contribution in [-0.4, -0.2) is 35.9 Å². The van der Waals surface area contributed by atoms with Crippen molar-refractivity contribution in [3.8, 4) is 0 Å². The number of benzene rings is 2. The standard InChI is InChI=1S/C24H24ClN3O3S/c1-24(8-9-24)15-32(30,31)28-13-17-6-7-18(25)10-20(17)21(14-28)23(29)27-22-12-26-11-16-4-2-3-5-19(16)22/h2-7,10-12,21H,8-9,13-15H2,1H3,(H,27,29). The smallest absolute Gasteiger partial charge is 0.233 e. The molecule has 3 aromatic rings. The van der Waals surface area contributed by atoms with Gasteiger partial charge in [0.25, 0.3) is 0 Å². The maximum absolute atomic E-state index is 13.5. The SMILES string of the molecule is CC1(CS(=O)(=O)N2Cc3ccc(Cl)cc3C(C(=O)Nc3cncc4ccccc34)C2)CC1. The summed E-state index contributed by atoms with van der Waals surface area (Å²) in [5.41, 5.74) is 2.03. The number of amides is 1. The Bertz CT molecular complexity index is 1320. The summed E-state index contributed by atoms with van der Waals surface area (Å²) in [6.07, 6.45) is 5.20. The Morgan fingerprint density at radius 3 is 2.78 bits per heavy atom. The van der Waals surface area contributed by atoms with Crippen LogP contribution in [0.25, 0.3) is 10.8 Å². The van der Waals surface area contributed by atoms with Crippen LogP contribution in [0, 0.1) is 5.41 Å². The van der Waals surface area contributed by atoms with E-state index in [1.54, 1.807) is 24.5 Å². The second-order valence-corrected chi connectivity index (χ2v) is 11.6. The van der Waals surface area contributed by atoms with Gasteiger partial charge in [0.15, 0.2) is 0 Å². The van der Waals surface area contributed by atoms with Crippen LogP contribution in [0.1, 0.15) is 36.8 Å². The molecule has 1 aromatic heterocycles. The number of aromatic nitrogens is 1. The van der Waals surface area contributed by atoms with Gasteiger partial charge in [-0.15, -0.1) is 0 Å². The summed E-state index contributed by atoms with van der Waals surface area (Å²) in [6.45, 7) is 2.35. The van der Waals surface area contributed by atoms with E-state index in [4.69, 9.17) is 11.6 Å². The van der Waals surface area contributed by atoms with Gasteiger partial charge in [0.05, 0.1) is 23.6 Å². The van der Waals surface area contributed by atoms with Crippen molar-refractivity contribution in [2.24, 2.45) is 5.41 Å². The van der Waals surface area contributed by atoms with E-state index in [9.17, 15) is 13.2 Å². The molecule has 1 amide bonds. The number of nitrogens with zero attached hydrogens (tertiary/aromatic N) is 2. The summed E-state index contributed by atoms with van der Waals surface area (Å²) in [7, 11) is -3.50. The highest BCUT2D eigenvalue weighted by atomic mass is 35.5. The predicted molar refractivity (Wildman–Crippen MR) is 126 cm³/mol. The van der Waals surface area contributed by atoms with E-state index in [-0.39, 0.29) is 30.2 Å². The first-order valence-corrected chi connectivity index (χ1v) is 12.6. The van der Waals surface area contributed by atoms with Crippen LogP contribution in [0.3, 0.4) is 0 Å². The Balaban J connectivity index is 1.48. The lowest BCUT2D eigenvalue weighted by atomic mass is 9.90. The van der Waals surface area contributed by atoms with E-state index in [0.29, 0.717) is 10.7 Å². The molecule has 1 unspecified atom stereocenters. The van der Waals surface area contributed by atoms with E-state index in [0.717, 1.165) is 34.7 Å². The highest BCUT2D eigenvalue weighted by molar-refractivity contribution is 7.89. The number of anilines is 1. The molecular weight excluding hydrogens is 446 g/mol. The zero-order valence-electron chi connectivity index (χ0n) is 17.7. The number of nitrogens with one attached hydrogen (secondary N) is 1. The van der Waals surface area contributed by atoms with E-state index < -0.39 is 15.9 Å². The number of fused-ring (bicyclic) bond motifs is 2. The lowest BCUT2D eigenvalue weighted by molar-refractivity contribution is -0.118. The largest absolute Gasteiger partial charge is 0.324 e. The first-order chi connectivity index (χ1) is 15.2. The number of halogens is 1. The average Bonchev–Trinajstić information content (AvgIpc) is 3.48. The van der Waals surface area contributed by atoms with E-state index in [2.05, 4.69) is 10.3 Å². The summed E-state index contributed by atoms with van der Waals surface area (Å²) < 4.78 is 27.8. The molecule has 1 atom stereocenters. The fraction of sp³-hybridized carbons (Fsp3) is 0.333. The Labute approximate surface area is 192 Å². The summed E-state index contributed by atoms with van der Waals surface area (Å²) in [5, 5.41) is 5.30. The first kappa shape index (κ1) is 21.4. The lowest BCUT2D eigenvalue weighted by Crippen LogP contribution is -2.43. The third kappa shape index (κ3) is 4.12. The lowest BCUT2D eigenvalue weighted by Gasteiger charge is -2.34. The van der Waals surface area contributed by atoms with Gasteiger partial charge in [-0.1, -0.05) is 48.9 Å². The van der Waals surface area contributed by atoms with Crippen LogP contribution in [0.15, 0.2) is 54.9 Å². The van der Waals surface area contributed by atoms with Crippen molar-refractivity contribution in [2.75, 3.05) is 17.6 Å². The molecule has 2 aliphatic rings. The molecule has 6 nitrogen and oxygen atoms in total. The highest BCUT2D eigenvalue weighted by Crippen LogP contribution is 2.47.